The Balaban J connectivity index is 1.49. The molecule has 1 saturated carbocycles. The zero-order valence-corrected chi connectivity index (χ0v) is 20.5. The molecular weight excluding hydrogens is 468 g/mol. The summed E-state index contributed by atoms with van der Waals surface area (Å²) >= 11 is 0. The Morgan fingerprint density at radius 3 is 2.71 bits per heavy atom. The number of benzene rings is 1. The van der Waals surface area contributed by atoms with E-state index in [0.717, 1.165) is 38.9 Å². The zero-order valence-electron chi connectivity index (χ0n) is 19.7. The van der Waals surface area contributed by atoms with Crippen LogP contribution < -0.4 is 20.3 Å². The van der Waals surface area contributed by atoms with Crippen molar-refractivity contribution in [3.8, 4) is 0 Å². The highest BCUT2D eigenvalue weighted by Gasteiger charge is 2.48. The number of carbonyl (C=O) groups is 1. The van der Waals surface area contributed by atoms with Gasteiger partial charge in [0.2, 0.25) is 16.0 Å². The average molecular weight is 501 g/mol. The monoisotopic (exact) mass is 500 g/mol. The summed E-state index contributed by atoms with van der Waals surface area (Å²) in [6, 6.07) is 6.57. The molecule has 35 heavy (non-hydrogen) atoms. The van der Waals surface area contributed by atoms with Gasteiger partial charge in [-0.3, -0.25) is 9.52 Å². The third-order valence-corrected chi connectivity index (χ3v) is 8.77. The summed E-state index contributed by atoms with van der Waals surface area (Å²) in [6.07, 6.45) is 8.52. The first-order valence-electron chi connectivity index (χ1n) is 12.3. The molecule has 0 radical (unpaired) electrons. The molecule has 2 fully saturated rings. The number of carbonyl (C=O) groups excluding carboxylic acids is 1. The van der Waals surface area contributed by atoms with Gasteiger partial charge in [-0.2, -0.15) is 4.98 Å². The lowest BCUT2D eigenvalue weighted by Gasteiger charge is -2.38. The number of amides is 1. The SMILES string of the molecule is O=C1Nc2ccnc(n2)NCCCC2(CC2)C2CCN(CC2)c2cc(NS(=O)(=O)CCO)ccc21. The van der Waals surface area contributed by atoms with Gasteiger partial charge in [0.1, 0.15) is 5.82 Å². The maximum absolute atomic E-state index is 13.3. The van der Waals surface area contributed by atoms with E-state index in [9.17, 15) is 13.2 Å². The van der Waals surface area contributed by atoms with E-state index in [0.29, 0.717) is 40.0 Å². The number of nitrogens with one attached hydrogen (secondary N) is 3. The topological polar surface area (TPSA) is 137 Å². The molecule has 1 aromatic carbocycles. The first kappa shape index (κ1) is 23.8. The van der Waals surface area contributed by atoms with E-state index < -0.39 is 16.6 Å². The van der Waals surface area contributed by atoms with Gasteiger partial charge >= 0.3 is 0 Å². The van der Waals surface area contributed by atoms with E-state index in [-0.39, 0.29) is 11.7 Å². The van der Waals surface area contributed by atoms with E-state index in [1.807, 2.05) is 0 Å². The van der Waals surface area contributed by atoms with Crippen LogP contribution in [0.25, 0.3) is 0 Å². The second-order valence-electron chi connectivity index (χ2n) is 9.75. The molecule has 0 unspecified atom stereocenters. The molecule has 1 saturated heterocycles. The zero-order chi connectivity index (χ0) is 24.5. The van der Waals surface area contributed by atoms with Gasteiger partial charge in [-0.05, 0) is 74.1 Å². The largest absolute Gasteiger partial charge is 0.395 e. The van der Waals surface area contributed by atoms with Gasteiger partial charge in [-0.1, -0.05) is 0 Å². The number of anilines is 4. The molecule has 4 N–H and O–H groups in total. The van der Waals surface area contributed by atoms with E-state index >= 15 is 0 Å². The fourth-order valence-electron chi connectivity index (χ4n) is 5.49. The number of sulfonamides is 1. The van der Waals surface area contributed by atoms with Crippen molar-refractivity contribution in [3.05, 3.63) is 36.0 Å². The van der Waals surface area contributed by atoms with E-state index in [2.05, 4.69) is 30.2 Å². The summed E-state index contributed by atoms with van der Waals surface area (Å²) in [5, 5.41) is 15.2. The lowest BCUT2D eigenvalue weighted by Crippen LogP contribution is -2.38. The molecule has 1 amide bonds. The number of rotatable bonds is 4. The molecule has 0 atom stereocenters. The Bertz CT molecular complexity index is 1190. The van der Waals surface area contributed by atoms with Crippen LogP contribution in [-0.2, 0) is 10.0 Å². The van der Waals surface area contributed by atoms with Gasteiger partial charge in [0.05, 0.1) is 29.3 Å². The summed E-state index contributed by atoms with van der Waals surface area (Å²) in [5.41, 5.74) is 1.94. The molecule has 188 valence electrons. The van der Waals surface area contributed by atoms with Crippen LogP contribution >= 0.6 is 0 Å². The van der Waals surface area contributed by atoms with Gasteiger partial charge in [-0.15, -0.1) is 0 Å². The molecule has 1 aliphatic carbocycles. The lowest BCUT2D eigenvalue weighted by atomic mass is 9.78. The molecule has 4 heterocycles. The van der Waals surface area contributed by atoms with Crippen LogP contribution in [0.4, 0.5) is 23.1 Å². The Morgan fingerprint density at radius 2 is 1.97 bits per heavy atom. The maximum atomic E-state index is 13.3. The molecule has 1 spiro atoms. The van der Waals surface area contributed by atoms with Crippen molar-refractivity contribution in [2.45, 2.75) is 38.5 Å². The van der Waals surface area contributed by atoms with Crippen molar-refractivity contribution in [2.75, 3.05) is 52.2 Å². The maximum Gasteiger partial charge on any atom is 0.258 e. The minimum atomic E-state index is -3.68. The Labute approximate surface area is 205 Å². The fourth-order valence-corrected chi connectivity index (χ4v) is 6.32. The predicted octanol–water partition coefficient (Wildman–Crippen LogP) is 2.67. The van der Waals surface area contributed by atoms with Crippen molar-refractivity contribution < 1.29 is 18.3 Å². The minimum Gasteiger partial charge on any atom is -0.395 e. The number of nitrogens with zero attached hydrogens (tertiary/aromatic N) is 3. The van der Waals surface area contributed by atoms with Gasteiger partial charge in [0.25, 0.3) is 5.91 Å². The highest BCUT2D eigenvalue weighted by molar-refractivity contribution is 7.92. The standard InChI is InChI=1S/C24H32N6O4S/c31-14-15-35(33,34)29-18-2-3-19-20(16-18)30-12-5-17(6-13-30)24(8-9-24)7-1-10-25-23-26-11-4-21(28-23)27-22(19)32/h2-4,11,16-17,29,31H,1,5-10,12-15H2,(H2,25,26,27,28,32). The van der Waals surface area contributed by atoms with Gasteiger partial charge in [0.15, 0.2) is 0 Å². The third-order valence-electron chi connectivity index (χ3n) is 7.50. The second kappa shape index (κ2) is 9.62. The number of aliphatic hydroxyl groups is 1. The molecule has 11 heteroatoms. The highest BCUT2D eigenvalue weighted by Crippen LogP contribution is 2.58. The Kier molecular flexibility index (Phi) is 6.54. The van der Waals surface area contributed by atoms with Crippen LogP contribution in [0.3, 0.4) is 0 Å². The van der Waals surface area contributed by atoms with Crippen LogP contribution in [0, 0.1) is 11.3 Å². The minimum absolute atomic E-state index is 0.317. The normalized spacial score (nSPS) is 20.1. The summed E-state index contributed by atoms with van der Waals surface area (Å²) < 4.78 is 27.0. The van der Waals surface area contributed by atoms with Crippen LogP contribution in [0.5, 0.6) is 0 Å². The quantitative estimate of drug-likeness (QED) is 0.503. The molecule has 2 aromatic rings. The van der Waals surface area contributed by atoms with Gasteiger partial charge in [0, 0.05) is 25.8 Å². The smallest absolute Gasteiger partial charge is 0.258 e. The van der Waals surface area contributed by atoms with Crippen molar-refractivity contribution in [2.24, 2.45) is 11.3 Å². The summed E-state index contributed by atoms with van der Waals surface area (Å²) in [5.74, 6) is 0.842. The van der Waals surface area contributed by atoms with Crippen molar-refractivity contribution in [1.82, 2.24) is 9.97 Å². The fraction of sp³-hybridized carbons (Fsp3) is 0.542. The van der Waals surface area contributed by atoms with Crippen LogP contribution in [0.2, 0.25) is 0 Å². The first-order chi connectivity index (χ1) is 16.9. The summed E-state index contributed by atoms with van der Waals surface area (Å²) in [7, 11) is -3.68. The van der Waals surface area contributed by atoms with Crippen LogP contribution in [-0.4, -0.2) is 61.4 Å². The van der Waals surface area contributed by atoms with E-state index in [1.54, 1.807) is 30.5 Å². The highest BCUT2D eigenvalue weighted by atomic mass is 32.2. The Hall–Kier alpha value is -2.92. The molecule has 10 nitrogen and oxygen atoms in total. The summed E-state index contributed by atoms with van der Waals surface area (Å²) in [6.45, 7) is 1.97. The van der Waals surface area contributed by atoms with Gasteiger partial charge < -0.3 is 20.6 Å². The number of piperidine rings is 1. The van der Waals surface area contributed by atoms with Crippen molar-refractivity contribution in [1.29, 1.82) is 0 Å². The van der Waals surface area contributed by atoms with Crippen molar-refractivity contribution in [3.63, 3.8) is 0 Å². The molecule has 1 aromatic heterocycles. The van der Waals surface area contributed by atoms with Crippen LogP contribution in [0.15, 0.2) is 30.5 Å². The Morgan fingerprint density at radius 1 is 1.17 bits per heavy atom. The first-order valence-corrected chi connectivity index (χ1v) is 13.9. The number of hydrogen-bond donors (Lipinski definition) is 4. The summed E-state index contributed by atoms with van der Waals surface area (Å²) in [4.78, 5) is 24.2. The molecular formula is C24H32N6O4S. The molecule has 3 aliphatic heterocycles. The van der Waals surface area contributed by atoms with Crippen LogP contribution in [0.1, 0.15) is 48.9 Å². The number of aromatic nitrogens is 2. The number of fused-ring (bicyclic) bond motifs is 6. The average Bonchev–Trinajstić information content (AvgIpc) is 3.62. The third kappa shape index (κ3) is 5.35. The molecule has 4 bridgehead atoms. The second-order valence-corrected chi connectivity index (χ2v) is 11.6. The van der Waals surface area contributed by atoms with Gasteiger partial charge in [-0.25, -0.2) is 13.4 Å². The number of hydrogen-bond acceptors (Lipinski definition) is 8. The predicted molar refractivity (Wildman–Crippen MR) is 135 cm³/mol. The molecule has 6 rings (SSSR count). The van der Waals surface area contributed by atoms with E-state index in [1.165, 1.54) is 19.3 Å². The van der Waals surface area contributed by atoms with E-state index in [4.69, 9.17) is 5.11 Å². The lowest BCUT2D eigenvalue weighted by molar-refractivity contribution is 0.102. The number of aliphatic hydroxyl groups excluding tert-OH is 1. The molecule has 4 aliphatic rings. The van der Waals surface area contributed by atoms with Crippen molar-refractivity contribution >= 4 is 39.1 Å².